The number of rotatable bonds is 7. The van der Waals surface area contributed by atoms with Crippen LogP contribution >= 0.6 is 18.5 Å². The summed E-state index contributed by atoms with van der Waals surface area (Å²) in [4.78, 5) is 29.9. The zero-order chi connectivity index (χ0) is 26.6. The molecule has 1 saturated carbocycles. The number of aromatic nitrogens is 1. The first-order valence-corrected chi connectivity index (χ1v) is 16.2. The molecule has 2 N–H and O–H groups in total. The summed E-state index contributed by atoms with van der Waals surface area (Å²) < 4.78 is 24.3. The van der Waals surface area contributed by atoms with Gasteiger partial charge in [-0.3, -0.25) is 5.32 Å². The second kappa shape index (κ2) is 12.0. The van der Waals surface area contributed by atoms with Crippen LogP contribution in [0.3, 0.4) is 0 Å². The van der Waals surface area contributed by atoms with Crippen LogP contribution in [0.15, 0.2) is 24.4 Å². The fourth-order valence-corrected chi connectivity index (χ4v) is 9.49. The number of alkyl carbamates (subject to hydrolysis) is 1. The van der Waals surface area contributed by atoms with Gasteiger partial charge in [-0.05, 0) is 78.4 Å². The number of hydrogen-bond acceptors (Lipinski definition) is 7. The van der Waals surface area contributed by atoms with Crippen molar-refractivity contribution in [3.8, 4) is 10.4 Å². The SMILES string of the molecule is CC(C)OC(=O)Nc1ccc(-c2cnc([C@H]3CC[C@H](NC(=O)OC(C)C)CC3)s2)c(P2(=O)CCCC2)c1. The van der Waals surface area contributed by atoms with Crippen LogP contribution in [0.5, 0.6) is 0 Å². The van der Waals surface area contributed by atoms with E-state index in [9.17, 15) is 14.2 Å². The van der Waals surface area contributed by atoms with Gasteiger partial charge in [-0.15, -0.1) is 11.3 Å². The Morgan fingerprint density at radius 2 is 1.65 bits per heavy atom. The number of hydrogen-bond donors (Lipinski definition) is 2. The molecule has 37 heavy (non-hydrogen) atoms. The predicted molar refractivity (Wildman–Crippen MR) is 149 cm³/mol. The number of thiazole rings is 1. The van der Waals surface area contributed by atoms with Gasteiger partial charge in [0.1, 0.15) is 7.14 Å². The number of ether oxygens (including phenoxy) is 2. The highest BCUT2D eigenvalue weighted by Gasteiger charge is 2.33. The van der Waals surface area contributed by atoms with Crippen molar-refractivity contribution in [2.75, 3.05) is 17.6 Å². The molecular weight excluding hydrogens is 509 g/mol. The molecule has 1 aliphatic carbocycles. The zero-order valence-electron chi connectivity index (χ0n) is 22.1. The first kappa shape index (κ1) is 27.6. The van der Waals surface area contributed by atoms with Gasteiger partial charge in [-0.2, -0.15) is 0 Å². The summed E-state index contributed by atoms with van der Waals surface area (Å²) in [5, 5.41) is 7.67. The topological polar surface area (TPSA) is 107 Å². The minimum Gasteiger partial charge on any atom is -0.447 e. The van der Waals surface area contributed by atoms with Crippen LogP contribution in [0, 0.1) is 0 Å². The Morgan fingerprint density at radius 1 is 1.00 bits per heavy atom. The molecule has 10 heteroatoms. The normalized spacial score (nSPS) is 21.1. The Bertz CT molecular complexity index is 1150. The summed E-state index contributed by atoms with van der Waals surface area (Å²) in [5.74, 6) is 0.343. The molecule has 1 saturated heterocycles. The standard InChI is InChI=1S/C27H38N3O5PS/c1-17(2)34-26(31)29-20-9-7-19(8-10-20)25-28-16-24(37-25)22-12-11-21(30-27(32)35-18(3)4)15-23(22)36(33)13-5-6-14-36/h11-12,15-20H,5-10,13-14H2,1-4H3,(H,29,31)(H,30,32)/t19-,20-. The predicted octanol–water partition coefficient (Wildman–Crippen LogP) is 6.71. The van der Waals surface area contributed by atoms with Crippen LogP contribution in [0.4, 0.5) is 15.3 Å². The molecule has 4 rings (SSSR count). The van der Waals surface area contributed by atoms with Crippen LogP contribution in [0.1, 0.15) is 77.1 Å². The smallest absolute Gasteiger partial charge is 0.411 e. The van der Waals surface area contributed by atoms with E-state index in [2.05, 4.69) is 10.6 Å². The van der Waals surface area contributed by atoms with E-state index in [1.54, 1.807) is 25.2 Å². The third kappa shape index (κ3) is 7.14. The highest BCUT2D eigenvalue weighted by molar-refractivity contribution is 7.72. The number of nitrogens with one attached hydrogen (secondary N) is 2. The van der Waals surface area contributed by atoms with Crippen LogP contribution in [0.2, 0.25) is 0 Å². The number of carbonyl (C=O) groups excluding carboxylic acids is 2. The molecule has 0 radical (unpaired) electrons. The maximum Gasteiger partial charge on any atom is 0.411 e. The first-order valence-electron chi connectivity index (χ1n) is 13.3. The lowest BCUT2D eigenvalue weighted by Crippen LogP contribution is -2.38. The van der Waals surface area contributed by atoms with Crippen molar-refractivity contribution in [2.24, 2.45) is 0 Å². The lowest BCUT2D eigenvalue weighted by molar-refractivity contribution is 0.109. The van der Waals surface area contributed by atoms with Gasteiger partial charge in [0.25, 0.3) is 0 Å². The lowest BCUT2D eigenvalue weighted by atomic mass is 9.86. The fourth-order valence-electron chi connectivity index (χ4n) is 5.10. The molecular formula is C27H38N3O5PS. The minimum atomic E-state index is -2.54. The summed E-state index contributed by atoms with van der Waals surface area (Å²) in [6, 6.07) is 5.80. The van der Waals surface area contributed by atoms with Crippen molar-refractivity contribution >= 4 is 41.7 Å². The van der Waals surface area contributed by atoms with Gasteiger partial charge >= 0.3 is 12.2 Å². The van der Waals surface area contributed by atoms with Gasteiger partial charge < -0.3 is 19.4 Å². The van der Waals surface area contributed by atoms with Gasteiger partial charge in [0.05, 0.1) is 22.1 Å². The maximum absolute atomic E-state index is 13.9. The van der Waals surface area contributed by atoms with E-state index in [4.69, 9.17) is 14.5 Å². The molecule has 0 unspecified atom stereocenters. The molecule has 202 valence electrons. The van der Waals surface area contributed by atoms with Crippen LogP contribution in [-0.4, -0.2) is 47.7 Å². The van der Waals surface area contributed by atoms with Gasteiger partial charge in [-0.1, -0.05) is 6.07 Å². The number of anilines is 1. The van der Waals surface area contributed by atoms with E-state index >= 15 is 0 Å². The quantitative estimate of drug-likeness (QED) is 0.373. The monoisotopic (exact) mass is 547 g/mol. The summed E-state index contributed by atoms with van der Waals surface area (Å²) in [7, 11) is -2.54. The van der Waals surface area contributed by atoms with Crippen molar-refractivity contribution < 1.29 is 23.6 Å². The zero-order valence-corrected chi connectivity index (χ0v) is 23.8. The van der Waals surface area contributed by atoms with Crippen molar-refractivity contribution in [2.45, 2.75) is 90.4 Å². The Kier molecular flexibility index (Phi) is 8.96. The van der Waals surface area contributed by atoms with Crippen LogP contribution in [-0.2, 0) is 14.0 Å². The molecule has 1 aromatic heterocycles. The van der Waals surface area contributed by atoms with Gasteiger partial charge in [0, 0.05) is 47.0 Å². The van der Waals surface area contributed by atoms with Gasteiger partial charge in [0.2, 0.25) is 0 Å². The Balaban J connectivity index is 1.49. The van der Waals surface area contributed by atoms with Crippen molar-refractivity contribution in [3.05, 3.63) is 29.4 Å². The molecule has 0 bridgehead atoms. The maximum atomic E-state index is 13.9. The van der Waals surface area contributed by atoms with Crippen LogP contribution < -0.4 is 15.9 Å². The number of benzene rings is 1. The molecule has 1 aromatic carbocycles. The molecule has 2 amide bonds. The Morgan fingerprint density at radius 3 is 2.30 bits per heavy atom. The van der Waals surface area contributed by atoms with Crippen molar-refractivity contribution in [1.29, 1.82) is 0 Å². The summed E-state index contributed by atoms with van der Waals surface area (Å²) in [6.07, 6.45) is 7.67. The van der Waals surface area contributed by atoms with E-state index in [-0.39, 0.29) is 24.3 Å². The highest BCUT2D eigenvalue weighted by Crippen LogP contribution is 2.53. The molecule has 2 fully saturated rings. The van der Waals surface area contributed by atoms with E-state index in [0.29, 0.717) is 23.9 Å². The van der Waals surface area contributed by atoms with Crippen LogP contribution in [0.25, 0.3) is 10.4 Å². The van der Waals surface area contributed by atoms with E-state index in [1.807, 2.05) is 38.2 Å². The number of carbonyl (C=O) groups is 2. The summed E-state index contributed by atoms with van der Waals surface area (Å²) >= 11 is 1.66. The second-order valence-electron chi connectivity index (χ2n) is 10.6. The number of nitrogens with zero attached hydrogens (tertiary/aromatic N) is 1. The van der Waals surface area contributed by atoms with Crippen molar-refractivity contribution in [1.82, 2.24) is 10.3 Å². The summed E-state index contributed by atoms with van der Waals surface area (Å²) in [6.45, 7) is 7.29. The molecule has 0 atom stereocenters. The number of amides is 2. The average Bonchev–Trinajstić information content (AvgIpc) is 3.49. The van der Waals surface area contributed by atoms with E-state index in [1.165, 1.54) is 0 Å². The molecule has 1 aliphatic heterocycles. The lowest BCUT2D eigenvalue weighted by Gasteiger charge is -2.28. The largest absolute Gasteiger partial charge is 0.447 e. The molecule has 2 aliphatic rings. The molecule has 2 aromatic rings. The third-order valence-electron chi connectivity index (χ3n) is 6.84. The molecule has 2 heterocycles. The molecule has 8 nitrogen and oxygen atoms in total. The van der Waals surface area contributed by atoms with Gasteiger partial charge in [0.15, 0.2) is 0 Å². The minimum absolute atomic E-state index is 0.128. The van der Waals surface area contributed by atoms with Gasteiger partial charge in [-0.25, -0.2) is 14.6 Å². The Labute approximate surface area is 223 Å². The van der Waals surface area contributed by atoms with E-state index < -0.39 is 13.2 Å². The van der Waals surface area contributed by atoms with E-state index in [0.717, 1.165) is 59.3 Å². The molecule has 0 spiro atoms. The Hall–Kier alpha value is -2.38. The average molecular weight is 548 g/mol. The third-order valence-corrected chi connectivity index (χ3v) is 11.4. The first-order chi connectivity index (χ1) is 17.6. The fraction of sp³-hybridized carbons (Fsp3) is 0.593. The van der Waals surface area contributed by atoms with Crippen molar-refractivity contribution in [3.63, 3.8) is 0 Å². The highest BCUT2D eigenvalue weighted by atomic mass is 32.1. The second-order valence-corrected chi connectivity index (χ2v) is 14.8. The summed E-state index contributed by atoms with van der Waals surface area (Å²) in [5.41, 5.74) is 1.54.